The molecule has 0 saturated carbocycles. The summed E-state index contributed by atoms with van der Waals surface area (Å²) in [6.07, 6.45) is 5.20. The molecule has 1 atom stereocenters. The van der Waals surface area contributed by atoms with E-state index in [-0.39, 0.29) is 0 Å². The fourth-order valence-electron chi connectivity index (χ4n) is 2.50. The maximum Gasteiger partial charge on any atom is 0.151 e. The molecule has 1 heteroatoms. The van der Waals surface area contributed by atoms with Crippen molar-refractivity contribution >= 4 is 0 Å². The molecule has 0 aliphatic carbocycles. The van der Waals surface area contributed by atoms with Crippen LogP contribution in [0.4, 0.5) is 0 Å². The molecule has 1 nitrogen and oxygen atoms in total. The average Bonchev–Trinajstić information content (AvgIpc) is 2.59. The first kappa shape index (κ1) is 16.3. The van der Waals surface area contributed by atoms with Gasteiger partial charge in [-0.3, -0.25) is 0 Å². The summed E-state index contributed by atoms with van der Waals surface area (Å²) >= 11 is 0. The number of unbranched alkanes of at least 4 members (excludes halogenated alkanes) is 3. The van der Waals surface area contributed by atoms with Crippen LogP contribution < -0.4 is 0 Å². The van der Waals surface area contributed by atoms with Crippen molar-refractivity contribution in [1.82, 2.24) is 0 Å². The SMILES string of the molecule is CCCCCCC(O)(C#Cc1ccccc1)c1ccccc1. The van der Waals surface area contributed by atoms with Gasteiger partial charge in [0, 0.05) is 5.56 Å². The third-order valence-electron chi connectivity index (χ3n) is 3.83. The highest BCUT2D eigenvalue weighted by atomic mass is 16.3. The van der Waals surface area contributed by atoms with Gasteiger partial charge in [0.1, 0.15) is 0 Å². The highest BCUT2D eigenvalue weighted by Gasteiger charge is 2.25. The summed E-state index contributed by atoms with van der Waals surface area (Å²) in [5, 5.41) is 11.1. The molecule has 114 valence electrons. The zero-order chi connectivity index (χ0) is 15.7. The minimum absolute atomic E-state index is 0.677. The van der Waals surface area contributed by atoms with Crippen LogP contribution >= 0.6 is 0 Å². The van der Waals surface area contributed by atoms with Crippen LogP contribution in [0.2, 0.25) is 0 Å². The molecule has 0 bridgehead atoms. The van der Waals surface area contributed by atoms with E-state index in [4.69, 9.17) is 0 Å². The van der Waals surface area contributed by atoms with Gasteiger partial charge < -0.3 is 5.11 Å². The van der Waals surface area contributed by atoms with Crippen LogP contribution in [0.25, 0.3) is 0 Å². The van der Waals surface area contributed by atoms with Gasteiger partial charge in [0.2, 0.25) is 0 Å². The van der Waals surface area contributed by atoms with Gasteiger partial charge in [-0.05, 0) is 30.5 Å². The van der Waals surface area contributed by atoms with E-state index in [9.17, 15) is 5.11 Å². The Morgan fingerprint density at radius 1 is 0.864 bits per heavy atom. The lowest BCUT2D eigenvalue weighted by molar-refractivity contribution is 0.0869. The number of hydrogen-bond acceptors (Lipinski definition) is 1. The molecule has 0 radical (unpaired) electrons. The zero-order valence-electron chi connectivity index (χ0n) is 13.3. The van der Waals surface area contributed by atoms with Crippen molar-refractivity contribution in [2.45, 2.75) is 44.6 Å². The van der Waals surface area contributed by atoms with E-state index < -0.39 is 5.60 Å². The first-order valence-corrected chi connectivity index (χ1v) is 8.11. The van der Waals surface area contributed by atoms with Gasteiger partial charge in [0.15, 0.2) is 5.60 Å². The second kappa shape index (κ2) is 8.41. The van der Waals surface area contributed by atoms with E-state index in [1.54, 1.807) is 0 Å². The van der Waals surface area contributed by atoms with Gasteiger partial charge in [-0.2, -0.15) is 0 Å². The van der Waals surface area contributed by atoms with Crippen molar-refractivity contribution in [2.24, 2.45) is 0 Å². The third-order valence-corrected chi connectivity index (χ3v) is 3.83. The lowest BCUT2D eigenvalue weighted by Gasteiger charge is -2.23. The number of aliphatic hydroxyl groups is 1. The topological polar surface area (TPSA) is 20.2 Å². The molecule has 0 fully saturated rings. The van der Waals surface area contributed by atoms with Gasteiger partial charge in [0.05, 0.1) is 0 Å². The maximum absolute atomic E-state index is 11.1. The molecule has 0 aliphatic heterocycles. The molecule has 0 amide bonds. The Hall–Kier alpha value is -2.04. The first-order valence-electron chi connectivity index (χ1n) is 8.11. The van der Waals surface area contributed by atoms with E-state index in [1.807, 2.05) is 60.7 Å². The van der Waals surface area contributed by atoms with Crippen LogP contribution in [0.3, 0.4) is 0 Å². The van der Waals surface area contributed by atoms with E-state index in [0.717, 1.165) is 24.0 Å². The standard InChI is InChI=1S/C21H24O/c1-2-3-4-11-17-21(22,20-14-9-6-10-15-20)18-16-19-12-7-5-8-13-19/h5-10,12-15,22H,2-4,11,17H2,1H3. The Morgan fingerprint density at radius 3 is 2.14 bits per heavy atom. The molecule has 0 aliphatic rings. The molecule has 0 spiro atoms. The molecular weight excluding hydrogens is 268 g/mol. The normalized spacial score (nSPS) is 13.0. The quantitative estimate of drug-likeness (QED) is 0.593. The second-order valence-corrected chi connectivity index (χ2v) is 5.65. The summed E-state index contributed by atoms with van der Waals surface area (Å²) in [6, 6.07) is 19.6. The van der Waals surface area contributed by atoms with Crippen LogP contribution in [-0.2, 0) is 5.60 Å². The molecule has 22 heavy (non-hydrogen) atoms. The minimum Gasteiger partial charge on any atom is -0.373 e. The molecule has 2 rings (SSSR count). The molecule has 1 unspecified atom stereocenters. The highest BCUT2D eigenvalue weighted by Crippen LogP contribution is 2.27. The minimum atomic E-state index is -1.06. The van der Waals surface area contributed by atoms with Gasteiger partial charge in [-0.1, -0.05) is 86.6 Å². The van der Waals surface area contributed by atoms with Gasteiger partial charge in [0.25, 0.3) is 0 Å². The van der Waals surface area contributed by atoms with Crippen molar-refractivity contribution in [2.75, 3.05) is 0 Å². The van der Waals surface area contributed by atoms with Gasteiger partial charge in [-0.25, -0.2) is 0 Å². The fraction of sp³-hybridized carbons (Fsp3) is 0.333. The molecule has 1 N–H and O–H groups in total. The van der Waals surface area contributed by atoms with Crippen LogP contribution in [0, 0.1) is 11.8 Å². The Labute approximate surface area is 134 Å². The van der Waals surface area contributed by atoms with Crippen molar-refractivity contribution in [3.63, 3.8) is 0 Å². The largest absolute Gasteiger partial charge is 0.373 e. The van der Waals surface area contributed by atoms with Crippen molar-refractivity contribution in [3.8, 4) is 11.8 Å². The van der Waals surface area contributed by atoms with Crippen molar-refractivity contribution in [1.29, 1.82) is 0 Å². The predicted octanol–water partition coefficient (Wildman–Crippen LogP) is 4.90. The summed E-state index contributed by atoms with van der Waals surface area (Å²) in [4.78, 5) is 0. The lowest BCUT2D eigenvalue weighted by Crippen LogP contribution is -2.23. The Kier molecular flexibility index (Phi) is 6.25. The summed E-state index contributed by atoms with van der Waals surface area (Å²) in [5.74, 6) is 6.24. The fourth-order valence-corrected chi connectivity index (χ4v) is 2.50. The second-order valence-electron chi connectivity index (χ2n) is 5.65. The van der Waals surface area contributed by atoms with E-state index >= 15 is 0 Å². The maximum atomic E-state index is 11.1. The smallest absolute Gasteiger partial charge is 0.151 e. The van der Waals surface area contributed by atoms with Crippen molar-refractivity contribution < 1.29 is 5.11 Å². The Morgan fingerprint density at radius 2 is 1.50 bits per heavy atom. The average molecular weight is 292 g/mol. The predicted molar refractivity (Wildman–Crippen MR) is 92.4 cm³/mol. The van der Waals surface area contributed by atoms with Gasteiger partial charge >= 0.3 is 0 Å². The van der Waals surface area contributed by atoms with Crippen LogP contribution in [0.1, 0.15) is 50.2 Å². The molecular formula is C21H24O. The third kappa shape index (κ3) is 4.76. The molecule has 0 aromatic heterocycles. The highest BCUT2D eigenvalue weighted by molar-refractivity contribution is 5.39. The Balaban J connectivity index is 2.20. The molecule has 0 heterocycles. The van der Waals surface area contributed by atoms with E-state index in [1.165, 1.54) is 12.8 Å². The number of hydrogen-bond donors (Lipinski definition) is 1. The Bertz CT molecular complexity index is 607. The monoisotopic (exact) mass is 292 g/mol. The summed E-state index contributed by atoms with van der Waals surface area (Å²) in [6.45, 7) is 2.19. The summed E-state index contributed by atoms with van der Waals surface area (Å²) in [5.41, 5.74) is 0.755. The number of rotatable bonds is 6. The van der Waals surface area contributed by atoms with E-state index in [0.29, 0.717) is 6.42 Å². The van der Waals surface area contributed by atoms with Crippen molar-refractivity contribution in [3.05, 3.63) is 71.8 Å². The molecule has 0 saturated heterocycles. The molecule has 2 aromatic carbocycles. The summed E-state index contributed by atoms with van der Waals surface area (Å²) < 4.78 is 0. The zero-order valence-corrected chi connectivity index (χ0v) is 13.3. The molecule has 2 aromatic rings. The lowest BCUT2D eigenvalue weighted by atomic mass is 9.88. The van der Waals surface area contributed by atoms with Crippen LogP contribution in [0.5, 0.6) is 0 Å². The number of benzene rings is 2. The first-order chi connectivity index (χ1) is 10.7. The van der Waals surface area contributed by atoms with Crippen LogP contribution in [-0.4, -0.2) is 5.11 Å². The van der Waals surface area contributed by atoms with Gasteiger partial charge in [-0.15, -0.1) is 0 Å². The van der Waals surface area contributed by atoms with Crippen LogP contribution in [0.15, 0.2) is 60.7 Å². The summed E-state index contributed by atoms with van der Waals surface area (Å²) in [7, 11) is 0. The van der Waals surface area contributed by atoms with E-state index in [2.05, 4.69) is 18.8 Å².